The Kier molecular flexibility index (Phi) is 6.68. The van der Waals surface area contributed by atoms with E-state index < -0.39 is 12.0 Å². The predicted octanol–water partition coefficient (Wildman–Crippen LogP) is 3.63. The van der Waals surface area contributed by atoms with Gasteiger partial charge in [0.05, 0.1) is 6.42 Å². The summed E-state index contributed by atoms with van der Waals surface area (Å²) in [7, 11) is 0. The van der Waals surface area contributed by atoms with Gasteiger partial charge in [-0.3, -0.25) is 4.79 Å². The third-order valence-corrected chi connectivity index (χ3v) is 3.71. The molecule has 0 heterocycles. The van der Waals surface area contributed by atoms with E-state index in [0.717, 1.165) is 22.1 Å². The van der Waals surface area contributed by atoms with Crippen LogP contribution in [0, 0.1) is 5.92 Å². The van der Waals surface area contributed by atoms with Crippen LogP contribution in [0.5, 0.6) is 0 Å². The van der Waals surface area contributed by atoms with Gasteiger partial charge < -0.3 is 15.7 Å². The highest BCUT2D eigenvalue weighted by Gasteiger charge is 2.19. The SMILES string of the molecule is CCc1cc(Br)ccc1NC(=O)NC(CC(=O)O)C(C)C. The second kappa shape index (κ2) is 8.02. The fourth-order valence-corrected chi connectivity index (χ4v) is 2.35. The second-order valence-corrected chi connectivity index (χ2v) is 6.12. The summed E-state index contributed by atoms with van der Waals surface area (Å²) in [4.78, 5) is 22.8. The van der Waals surface area contributed by atoms with Crippen molar-refractivity contribution < 1.29 is 14.7 Å². The smallest absolute Gasteiger partial charge is 0.319 e. The number of urea groups is 1. The molecule has 0 aliphatic heterocycles. The number of halogens is 1. The minimum absolute atomic E-state index is 0.0439. The van der Waals surface area contributed by atoms with Crippen molar-refractivity contribution in [2.45, 2.75) is 39.7 Å². The van der Waals surface area contributed by atoms with Gasteiger partial charge in [0.15, 0.2) is 0 Å². The lowest BCUT2D eigenvalue weighted by Crippen LogP contribution is -2.42. The standard InChI is InChI=1S/C15H21BrN2O3/c1-4-10-7-11(16)5-6-12(10)17-15(21)18-13(9(2)3)8-14(19)20/h5-7,9,13H,4,8H2,1-3H3,(H,19,20)(H2,17,18,21). The Hall–Kier alpha value is -1.56. The van der Waals surface area contributed by atoms with Crippen LogP contribution in [0.15, 0.2) is 22.7 Å². The van der Waals surface area contributed by atoms with Gasteiger partial charge >= 0.3 is 12.0 Å². The Morgan fingerprint density at radius 2 is 2.00 bits per heavy atom. The van der Waals surface area contributed by atoms with E-state index in [4.69, 9.17) is 5.11 Å². The van der Waals surface area contributed by atoms with Crippen molar-refractivity contribution in [2.75, 3.05) is 5.32 Å². The molecule has 0 spiro atoms. The van der Waals surface area contributed by atoms with Crippen molar-refractivity contribution in [1.82, 2.24) is 5.32 Å². The number of rotatable bonds is 6. The first kappa shape index (κ1) is 17.5. The lowest BCUT2D eigenvalue weighted by atomic mass is 10.0. The number of carbonyl (C=O) groups excluding carboxylic acids is 1. The van der Waals surface area contributed by atoms with E-state index in [1.54, 1.807) is 0 Å². The van der Waals surface area contributed by atoms with Crippen molar-refractivity contribution in [1.29, 1.82) is 0 Å². The minimum atomic E-state index is -0.924. The van der Waals surface area contributed by atoms with Gasteiger partial charge in [0, 0.05) is 16.2 Å². The van der Waals surface area contributed by atoms with E-state index in [2.05, 4.69) is 26.6 Å². The van der Waals surface area contributed by atoms with Crippen LogP contribution in [0.25, 0.3) is 0 Å². The van der Waals surface area contributed by atoms with E-state index in [-0.39, 0.29) is 18.4 Å². The highest BCUT2D eigenvalue weighted by Crippen LogP contribution is 2.21. The van der Waals surface area contributed by atoms with Gasteiger partial charge in [0.25, 0.3) is 0 Å². The van der Waals surface area contributed by atoms with Crippen LogP contribution in [0.2, 0.25) is 0 Å². The third-order valence-electron chi connectivity index (χ3n) is 3.21. The maximum Gasteiger partial charge on any atom is 0.319 e. The summed E-state index contributed by atoms with van der Waals surface area (Å²) < 4.78 is 0.955. The molecule has 3 N–H and O–H groups in total. The Morgan fingerprint density at radius 3 is 2.52 bits per heavy atom. The van der Waals surface area contributed by atoms with E-state index in [9.17, 15) is 9.59 Å². The number of aryl methyl sites for hydroxylation is 1. The maximum absolute atomic E-state index is 12.0. The van der Waals surface area contributed by atoms with Gasteiger partial charge in [-0.2, -0.15) is 0 Å². The Balaban J connectivity index is 2.74. The normalized spacial score (nSPS) is 12.0. The van der Waals surface area contributed by atoms with Gasteiger partial charge in [-0.1, -0.05) is 36.7 Å². The molecule has 0 saturated carbocycles. The zero-order valence-electron chi connectivity index (χ0n) is 12.4. The molecular formula is C15H21BrN2O3. The molecule has 5 nitrogen and oxygen atoms in total. The van der Waals surface area contributed by atoms with E-state index in [0.29, 0.717) is 0 Å². The summed E-state index contributed by atoms with van der Waals surface area (Å²) in [5.74, 6) is -0.880. The second-order valence-electron chi connectivity index (χ2n) is 5.20. The first-order valence-corrected chi connectivity index (χ1v) is 7.70. The molecule has 0 aliphatic carbocycles. The van der Waals surface area contributed by atoms with Gasteiger partial charge in [-0.05, 0) is 36.1 Å². The number of hydrogen-bond donors (Lipinski definition) is 3. The summed E-state index contributed by atoms with van der Waals surface area (Å²) in [5.41, 5.74) is 1.75. The molecule has 1 unspecified atom stereocenters. The van der Waals surface area contributed by atoms with Crippen LogP contribution in [0.3, 0.4) is 0 Å². The fraction of sp³-hybridized carbons (Fsp3) is 0.467. The molecule has 116 valence electrons. The number of nitrogens with one attached hydrogen (secondary N) is 2. The maximum atomic E-state index is 12.0. The number of anilines is 1. The van der Waals surface area contributed by atoms with Crippen molar-refractivity contribution in [3.63, 3.8) is 0 Å². The Morgan fingerprint density at radius 1 is 1.33 bits per heavy atom. The van der Waals surface area contributed by atoms with Crippen LogP contribution in [0.4, 0.5) is 10.5 Å². The van der Waals surface area contributed by atoms with Crippen molar-refractivity contribution >= 4 is 33.6 Å². The number of carboxylic acids is 1. The molecular weight excluding hydrogens is 336 g/mol. The quantitative estimate of drug-likeness (QED) is 0.727. The summed E-state index contributed by atoms with van der Waals surface area (Å²) in [6.45, 7) is 5.77. The molecule has 1 aromatic rings. The molecule has 21 heavy (non-hydrogen) atoms. The lowest BCUT2D eigenvalue weighted by Gasteiger charge is -2.21. The van der Waals surface area contributed by atoms with Crippen LogP contribution >= 0.6 is 15.9 Å². The fourth-order valence-electron chi connectivity index (χ4n) is 1.95. The number of amides is 2. The largest absolute Gasteiger partial charge is 0.481 e. The first-order valence-electron chi connectivity index (χ1n) is 6.91. The minimum Gasteiger partial charge on any atom is -0.481 e. The molecule has 0 bridgehead atoms. The van der Waals surface area contributed by atoms with Crippen LogP contribution in [-0.4, -0.2) is 23.1 Å². The highest BCUT2D eigenvalue weighted by molar-refractivity contribution is 9.10. The number of aliphatic carboxylic acids is 1. The first-order chi connectivity index (χ1) is 9.83. The van der Waals surface area contributed by atoms with Crippen molar-refractivity contribution in [3.8, 4) is 0 Å². The highest BCUT2D eigenvalue weighted by atomic mass is 79.9. The predicted molar refractivity (Wildman–Crippen MR) is 86.6 cm³/mol. The third kappa shape index (κ3) is 5.75. The molecule has 1 atom stereocenters. The number of carboxylic acid groups (broad SMARTS) is 1. The lowest BCUT2D eigenvalue weighted by molar-refractivity contribution is -0.137. The average molecular weight is 357 g/mol. The molecule has 0 fully saturated rings. The summed E-state index contributed by atoms with van der Waals surface area (Å²) in [5, 5.41) is 14.4. The number of benzene rings is 1. The zero-order valence-corrected chi connectivity index (χ0v) is 14.0. The van der Waals surface area contributed by atoms with Crippen LogP contribution in [0.1, 0.15) is 32.8 Å². The van der Waals surface area contributed by atoms with E-state index in [1.165, 1.54) is 0 Å². The van der Waals surface area contributed by atoms with Gasteiger partial charge in [-0.15, -0.1) is 0 Å². The molecule has 1 aromatic carbocycles. The van der Waals surface area contributed by atoms with E-state index in [1.807, 2.05) is 39.0 Å². The van der Waals surface area contributed by atoms with Gasteiger partial charge in [-0.25, -0.2) is 4.79 Å². The number of hydrogen-bond acceptors (Lipinski definition) is 2. The van der Waals surface area contributed by atoms with Gasteiger partial charge in [0.1, 0.15) is 0 Å². The molecule has 0 radical (unpaired) electrons. The van der Waals surface area contributed by atoms with Crippen molar-refractivity contribution in [2.24, 2.45) is 5.92 Å². The van der Waals surface area contributed by atoms with E-state index >= 15 is 0 Å². The summed E-state index contributed by atoms with van der Waals surface area (Å²) in [6, 6.07) is 4.85. The monoisotopic (exact) mass is 356 g/mol. The molecule has 0 saturated heterocycles. The molecule has 2 amide bonds. The number of carbonyl (C=O) groups is 2. The van der Waals surface area contributed by atoms with Gasteiger partial charge in [0.2, 0.25) is 0 Å². The van der Waals surface area contributed by atoms with Crippen LogP contribution < -0.4 is 10.6 Å². The average Bonchev–Trinajstić information content (AvgIpc) is 2.39. The molecule has 6 heteroatoms. The topological polar surface area (TPSA) is 78.4 Å². The van der Waals surface area contributed by atoms with Crippen molar-refractivity contribution in [3.05, 3.63) is 28.2 Å². The summed E-state index contributed by atoms with van der Waals surface area (Å²) in [6.07, 6.45) is 0.698. The Labute approximate surface area is 133 Å². The van der Waals surface area contributed by atoms with Crippen LogP contribution in [-0.2, 0) is 11.2 Å². The summed E-state index contributed by atoms with van der Waals surface area (Å²) >= 11 is 3.40. The molecule has 1 rings (SSSR count). The zero-order chi connectivity index (χ0) is 16.0. The molecule has 0 aromatic heterocycles. The molecule has 0 aliphatic rings. The Bertz CT molecular complexity index is 518.